The first-order valence-corrected chi connectivity index (χ1v) is 7.81. The predicted molar refractivity (Wildman–Crippen MR) is 75.9 cm³/mol. The quantitative estimate of drug-likeness (QED) is 0.716. The number of alkyl halides is 2. The van der Waals surface area contributed by atoms with E-state index < -0.39 is 6.43 Å². The average Bonchev–Trinajstić information content (AvgIpc) is 2.96. The van der Waals surface area contributed by atoms with Gasteiger partial charge in [-0.15, -0.1) is 11.3 Å². The molecule has 1 aliphatic rings. The maximum Gasteiger partial charge on any atom is 0.282 e. The lowest BCUT2D eigenvalue weighted by Gasteiger charge is -2.02. The van der Waals surface area contributed by atoms with Crippen LogP contribution < -0.4 is 0 Å². The number of nitrogens with zero attached hydrogens (tertiary/aromatic N) is 4. The maximum atomic E-state index is 12.8. The lowest BCUT2D eigenvalue weighted by Crippen LogP contribution is -2.06. The lowest BCUT2D eigenvalue weighted by atomic mass is 10.2. The summed E-state index contributed by atoms with van der Waals surface area (Å²) in [6.45, 7) is 0.219. The number of thiophene rings is 1. The highest BCUT2D eigenvalue weighted by atomic mass is 32.1. The van der Waals surface area contributed by atoms with Gasteiger partial charge in [-0.25, -0.2) is 8.78 Å². The second-order valence-electron chi connectivity index (χ2n) is 5.22. The molecule has 114 valence electrons. The van der Waals surface area contributed by atoms with Gasteiger partial charge in [0, 0.05) is 11.6 Å². The van der Waals surface area contributed by atoms with Gasteiger partial charge in [-0.05, 0) is 30.4 Å². The second-order valence-corrected chi connectivity index (χ2v) is 6.16. The summed E-state index contributed by atoms with van der Waals surface area (Å²) in [7, 11) is 0. The number of hydrogen-bond donors (Lipinski definition) is 0. The molecule has 8 heteroatoms. The van der Waals surface area contributed by atoms with E-state index in [0.29, 0.717) is 17.6 Å². The van der Waals surface area contributed by atoms with Crippen LogP contribution in [0.25, 0.3) is 10.7 Å². The molecular formula is C14H12F2N4OS. The van der Waals surface area contributed by atoms with Gasteiger partial charge in [0.05, 0.1) is 4.88 Å². The van der Waals surface area contributed by atoms with Crippen LogP contribution in [0.1, 0.15) is 42.5 Å². The average molecular weight is 322 g/mol. The van der Waals surface area contributed by atoms with E-state index in [0.717, 1.165) is 23.4 Å². The van der Waals surface area contributed by atoms with Gasteiger partial charge in [-0.2, -0.15) is 10.1 Å². The third-order valence-electron chi connectivity index (χ3n) is 3.54. The monoisotopic (exact) mass is 322 g/mol. The van der Waals surface area contributed by atoms with E-state index in [1.165, 1.54) is 17.4 Å². The summed E-state index contributed by atoms with van der Waals surface area (Å²) in [5.41, 5.74) is 0.631. The van der Waals surface area contributed by atoms with Crippen molar-refractivity contribution >= 4 is 11.3 Å². The summed E-state index contributed by atoms with van der Waals surface area (Å²) in [5, 5.41) is 9.83. The molecule has 0 aromatic carbocycles. The Morgan fingerprint density at radius 2 is 2.27 bits per heavy atom. The fraction of sp³-hybridized carbons (Fsp3) is 0.357. The Morgan fingerprint density at radius 3 is 2.95 bits per heavy atom. The second kappa shape index (κ2) is 5.28. The number of halogens is 2. The molecule has 0 unspecified atom stereocenters. The van der Waals surface area contributed by atoms with Crippen molar-refractivity contribution in [1.82, 2.24) is 19.9 Å². The van der Waals surface area contributed by atoms with E-state index in [9.17, 15) is 8.78 Å². The highest BCUT2D eigenvalue weighted by molar-refractivity contribution is 7.13. The highest BCUT2D eigenvalue weighted by Gasteiger charge is 2.30. The van der Waals surface area contributed by atoms with Gasteiger partial charge in [0.25, 0.3) is 6.43 Å². The molecule has 1 fully saturated rings. The van der Waals surface area contributed by atoms with Crippen molar-refractivity contribution in [1.29, 1.82) is 0 Å². The summed E-state index contributed by atoms with van der Waals surface area (Å²) in [4.78, 5) is 5.22. The predicted octanol–water partition coefficient (Wildman–Crippen LogP) is 3.86. The fourth-order valence-corrected chi connectivity index (χ4v) is 3.00. The highest BCUT2D eigenvalue weighted by Crippen LogP contribution is 2.41. The molecule has 0 spiro atoms. The van der Waals surface area contributed by atoms with Crippen LogP contribution in [-0.4, -0.2) is 19.9 Å². The number of rotatable bonds is 5. The van der Waals surface area contributed by atoms with Crippen molar-refractivity contribution < 1.29 is 13.3 Å². The van der Waals surface area contributed by atoms with Crippen LogP contribution in [0.5, 0.6) is 0 Å². The molecule has 0 aliphatic heterocycles. The molecule has 22 heavy (non-hydrogen) atoms. The molecular weight excluding hydrogens is 310 g/mol. The van der Waals surface area contributed by atoms with Gasteiger partial charge in [0.1, 0.15) is 12.2 Å². The summed E-state index contributed by atoms with van der Waals surface area (Å²) >= 11 is 1.52. The minimum atomic E-state index is -2.57. The Balaban J connectivity index is 1.60. The Labute approximate surface area is 128 Å². The Morgan fingerprint density at radius 1 is 1.41 bits per heavy atom. The zero-order valence-corrected chi connectivity index (χ0v) is 12.3. The van der Waals surface area contributed by atoms with Gasteiger partial charge in [0.15, 0.2) is 0 Å². The van der Waals surface area contributed by atoms with Crippen molar-refractivity contribution in [3.63, 3.8) is 0 Å². The van der Waals surface area contributed by atoms with Crippen molar-refractivity contribution in [3.05, 3.63) is 40.9 Å². The van der Waals surface area contributed by atoms with Crippen LogP contribution in [0, 0.1) is 0 Å². The van der Waals surface area contributed by atoms with Gasteiger partial charge >= 0.3 is 0 Å². The SMILES string of the molecule is FC(F)c1cc(C2CC2)n(Cc2nc(-c3cccs3)no2)n1. The third kappa shape index (κ3) is 2.54. The Kier molecular flexibility index (Phi) is 3.25. The zero-order chi connectivity index (χ0) is 15.1. The number of hydrogen-bond acceptors (Lipinski definition) is 5. The fourth-order valence-electron chi connectivity index (χ4n) is 2.35. The first-order chi connectivity index (χ1) is 10.7. The van der Waals surface area contributed by atoms with Gasteiger partial charge in [-0.3, -0.25) is 4.68 Å². The summed E-state index contributed by atoms with van der Waals surface area (Å²) in [5.74, 6) is 1.20. The van der Waals surface area contributed by atoms with Gasteiger partial charge < -0.3 is 4.52 Å². The van der Waals surface area contributed by atoms with E-state index >= 15 is 0 Å². The molecule has 3 aromatic heterocycles. The van der Waals surface area contributed by atoms with E-state index in [-0.39, 0.29) is 12.2 Å². The van der Waals surface area contributed by atoms with Crippen LogP contribution in [0.2, 0.25) is 0 Å². The molecule has 1 saturated carbocycles. The van der Waals surface area contributed by atoms with Crippen molar-refractivity contribution in [2.24, 2.45) is 0 Å². The van der Waals surface area contributed by atoms with Crippen LogP contribution in [0.4, 0.5) is 8.78 Å². The first kappa shape index (κ1) is 13.6. The van der Waals surface area contributed by atoms with E-state index in [1.54, 1.807) is 4.68 Å². The molecule has 5 nitrogen and oxygen atoms in total. The summed E-state index contributed by atoms with van der Waals surface area (Å²) in [6, 6.07) is 5.29. The standard InChI is InChI=1S/C14H12F2N4OS/c15-13(16)9-6-10(8-3-4-8)20(18-9)7-12-17-14(19-21-12)11-2-1-5-22-11/h1-2,5-6,8,13H,3-4,7H2. The molecule has 0 bridgehead atoms. The minimum absolute atomic E-state index is 0.195. The lowest BCUT2D eigenvalue weighted by molar-refractivity contribution is 0.145. The molecule has 3 heterocycles. The van der Waals surface area contributed by atoms with Crippen molar-refractivity contribution in [3.8, 4) is 10.7 Å². The number of aromatic nitrogens is 4. The molecule has 1 aliphatic carbocycles. The topological polar surface area (TPSA) is 56.7 Å². The molecule has 4 rings (SSSR count). The maximum absolute atomic E-state index is 12.8. The minimum Gasteiger partial charge on any atom is -0.337 e. The largest absolute Gasteiger partial charge is 0.337 e. The van der Waals surface area contributed by atoms with Crippen LogP contribution in [-0.2, 0) is 6.54 Å². The van der Waals surface area contributed by atoms with E-state index in [1.807, 2.05) is 17.5 Å². The van der Waals surface area contributed by atoms with E-state index in [2.05, 4.69) is 15.2 Å². The van der Waals surface area contributed by atoms with Gasteiger partial charge in [0.2, 0.25) is 11.7 Å². The Hall–Kier alpha value is -2.09. The zero-order valence-electron chi connectivity index (χ0n) is 11.4. The van der Waals surface area contributed by atoms with Crippen LogP contribution in [0.3, 0.4) is 0 Å². The van der Waals surface area contributed by atoms with Crippen molar-refractivity contribution in [2.45, 2.75) is 31.7 Å². The normalized spacial score (nSPS) is 14.9. The smallest absolute Gasteiger partial charge is 0.282 e. The molecule has 3 aromatic rings. The molecule has 0 radical (unpaired) electrons. The van der Waals surface area contributed by atoms with E-state index in [4.69, 9.17) is 4.52 Å². The molecule has 0 amide bonds. The van der Waals surface area contributed by atoms with Crippen molar-refractivity contribution in [2.75, 3.05) is 0 Å². The van der Waals surface area contributed by atoms with Crippen LogP contribution in [0.15, 0.2) is 28.1 Å². The van der Waals surface area contributed by atoms with Gasteiger partial charge in [-0.1, -0.05) is 11.2 Å². The third-order valence-corrected chi connectivity index (χ3v) is 4.41. The summed E-state index contributed by atoms with van der Waals surface area (Å²) < 4.78 is 32.5. The van der Waals surface area contributed by atoms with Crippen LogP contribution >= 0.6 is 11.3 Å². The molecule has 0 atom stereocenters. The first-order valence-electron chi connectivity index (χ1n) is 6.93. The molecule has 0 saturated heterocycles. The Bertz CT molecular complexity index is 777. The molecule has 0 N–H and O–H groups in total. The summed E-state index contributed by atoms with van der Waals surface area (Å²) in [6.07, 6.45) is -0.541.